The van der Waals surface area contributed by atoms with E-state index < -0.39 is 11.5 Å². The molecule has 21 heavy (non-hydrogen) atoms. The third-order valence-corrected chi connectivity index (χ3v) is 4.03. The third-order valence-electron chi connectivity index (χ3n) is 4.03. The van der Waals surface area contributed by atoms with Crippen LogP contribution in [0.3, 0.4) is 0 Å². The molecule has 0 aromatic heterocycles. The van der Waals surface area contributed by atoms with Crippen LogP contribution in [-0.2, 0) is 14.4 Å². The maximum atomic E-state index is 12.2. The van der Waals surface area contributed by atoms with E-state index in [2.05, 4.69) is 5.32 Å². The van der Waals surface area contributed by atoms with Crippen molar-refractivity contribution >= 4 is 17.8 Å². The maximum absolute atomic E-state index is 12.2. The summed E-state index contributed by atoms with van der Waals surface area (Å²) >= 11 is 0. The van der Waals surface area contributed by atoms with Gasteiger partial charge in [0.05, 0.1) is 12.5 Å². The zero-order valence-corrected chi connectivity index (χ0v) is 12.7. The fourth-order valence-corrected chi connectivity index (χ4v) is 2.59. The Morgan fingerprint density at radius 3 is 2.62 bits per heavy atom. The Labute approximate surface area is 124 Å². The second-order valence-electron chi connectivity index (χ2n) is 5.82. The number of hydrogen-bond acceptors (Lipinski definition) is 4. The lowest BCUT2D eigenvalue weighted by Crippen LogP contribution is -2.54. The van der Waals surface area contributed by atoms with Crippen LogP contribution in [0.5, 0.6) is 0 Å². The first-order chi connectivity index (χ1) is 9.80. The Hall–Kier alpha value is -1.63. The Morgan fingerprint density at radius 1 is 1.43 bits per heavy atom. The molecule has 0 aliphatic carbocycles. The lowest BCUT2D eigenvalue weighted by atomic mass is 9.96. The summed E-state index contributed by atoms with van der Waals surface area (Å²) in [5, 5.41) is 12.1. The Bertz CT molecular complexity index is 413. The number of carbonyl (C=O) groups excluding carboxylic acids is 2. The summed E-state index contributed by atoms with van der Waals surface area (Å²) in [6.07, 6.45) is 2.59. The maximum Gasteiger partial charge on any atom is 0.323 e. The number of carbonyl (C=O) groups is 3. The summed E-state index contributed by atoms with van der Waals surface area (Å²) < 4.78 is 0. The molecule has 0 aromatic rings. The van der Waals surface area contributed by atoms with Gasteiger partial charge in [-0.3, -0.25) is 19.7 Å². The van der Waals surface area contributed by atoms with E-state index in [1.165, 1.54) is 0 Å². The summed E-state index contributed by atoms with van der Waals surface area (Å²) in [6.45, 7) is 4.34. The van der Waals surface area contributed by atoms with Gasteiger partial charge < -0.3 is 15.7 Å². The van der Waals surface area contributed by atoms with Gasteiger partial charge in [0.1, 0.15) is 5.54 Å². The topological polar surface area (TPSA) is 113 Å². The van der Waals surface area contributed by atoms with Crippen molar-refractivity contribution in [1.29, 1.82) is 0 Å². The quantitative estimate of drug-likeness (QED) is 0.610. The van der Waals surface area contributed by atoms with E-state index in [9.17, 15) is 19.5 Å². The van der Waals surface area contributed by atoms with Crippen LogP contribution in [0.15, 0.2) is 0 Å². The van der Waals surface area contributed by atoms with Crippen LogP contribution >= 0.6 is 0 Å². The Balaban J connectivity index is 2.56. The average molecular weight is 299 g/mol. The fraction of sp³-hybridized carbons (Fsp3) is 0.786. The molecule has 0 spiro atoms. The highest BCUT2D eigenvalue weighted by atomic mass is 16.4. The number of primary amides is 1. The number of rotatable bonds is 7. The zero-order valence-electron chi connectivity index (χ0n) is 12.7. The monoisotopic (exact) mass is 299 g/mol. The average Bonchev–Trinajstić information content (AvgIpc) is 2.45. The molecule has 0 bridgehead atoms. The molecule has 1 aliphatic heterocycles. The number of piperidine rings is 1. The van der Waals surface area contributed by atoms with E-state index in [0.29, 0.717) is 32.4 Å². The second kappa shape index (κ2) is 7.40. The number of nitrogens with one attached hydrogen (secondary N) is 1. The molecule has 1 fully saturated rings. The van der Waals surface area contributed by atoms with Crippen molar-refractivity contribution in [3.8, 4) is 0 Å². The number of carboxylic acids is 1. The van der Waals surface area contributed by atoms with E-state index in [1.54, 1.807) is 11.8 Å². The molecule has 7 heteroatoms. The van der Waals surface area contributed by atoms with E-state index in [-0.39, 0.29) is 24.3 Å². The van der Waals surface area contributed by atoms with Crippen LogP contribution in [0.2, 0.25) is 0 Å². The van der Waals surface area contributed by atoms with Crippen LogP contribution in [-0.4, -0.2) is 53.0 Å². The van der Waals surface area contributed by atoms with E-state index in [1.807, 2.05) is 6.92 Å². The van der Waals surface area contributed by atoms with Gasteiger partial charge in [0.25, 0.3) is 0 Å². The molecule has 120 valence electrons. The SMILES string of the molecule is CCCC(C)(NCC(=O)N1CCCC(C(N)=O)C1)C(=O)O. The minimum absolute atomic E-state index is 0.0473. The summed E-state index contributed by atoms with van der Waals surface area (Å²) in [5.41, 5.74) is 4.17. The highest BCUT2D eigenvalue weighted by Gasteiger charge is 2.33. The molecule has 1 heterocycles. The van der Waals surface area contributed by atoms with Crippen LogP contribution in [0.1, 0.15) is 39.5 Å². The smallest absolute Gasteiger partial charge is 0.323 e. The van der Waals surface area contributed by atoms with Gasteiger partial charge in [0.15, 0.2) is 0 Å². The van der Waals surface area contributed by atoms with Crippen molar-refractivity contribution in [2.45, 2.75) is 45.1 Å². The number of likely N-dealkylation sites (tertiary alicyclic amines) is 1. The number of nitrogens with zero attached hydrogens (tertiary/aromatic N) is 1. The van der Waals surface area contributed by atoms with Crippen LogP contribution < -0.4 is 11.1 Å². The molecule has 2 amide bonds. The van der Waals surface area contributed by atoms with E-state index in [0.717, 1.165) is 6.42 Å². The molecule has 2 unspecified atom stereocenters. The van der Waals surface area contributed by atoms with Crippen molar-refractivity contribution in [3.63, 3.8) is 0 Å². The molecule has 2 atom stereocenters. The van der Waals surface area contributed by atoms with E-state index >= 15 is 0 Å². The molecule has 0 saturated carbocycles. The first-order valence-corrected chi connectivity index (χ1v) is 7.35. The highest BCUT2D eigenvalue weighted by Crippen LogP contribution is 2.17. The number of nitrogens with two attached hydrogens (primary N) is 1. The van der Waals surface area contributed by atoms with Gasteiger partial charge in [-0.15, -0.1) is 0 Å². The van der Waals surface area contributed by atoms with Gasteiger partial charge in [-0.2, -0.15) is 0 Å². The van der Waals surface area contributed by atoms with Crippen molar-refractivity contribution in [2.24, 2.45) is 11.7 Å². The zero-order chi connectivity index (χ0) is 16.0. The molecular weight excluding hydrogens is 274 g/mol. The Kier molecular flexibility index (Phi) is 6.14. The molecular formula is C14H25N3O4. The first-order valence-electron chi connectivity index (χ1n) is 7.35. The fourth-order valence-electron chi connectivity index (χ4n) is 2.59. The van der Waals surface area contributed by atoms with Gasteiger partial charge in [-0.25, -0.2) is 0 Å². The van der Waals surface area contributed by atoms with Crippen molar-refractivity contribution < 1.29 is 19.5 Å². The number of aliphatic carboxylic acids is 1. The minimum atomic E-state index is -1.11. The number of amides is 2. The van der Waals surface area contributed by atoms with Gasteiger partial charge in [0, 0.05) is 13.1 Å². The third kappa shape index (κ3) is 4.70. The van der Waals surface area contributed by atoms with Crippen LogP contribution in [0, 0.1) is 5.92 Å². The standard InChI is InChI=1S/C14H25N3O4/c1-3-6-14(2,13(20)21)16-8-11(18)17-7-4-5-10(9-17)12(15)19/h10,16H,3-9H2,1-2H3,(H2,15,19)(H,20,21). The predicted octanol–water partition coefficient (Wildman–Crippen LogP) is -0.0567. The molecule has 1 saturated heterocycles. The lowest BCUT2D eigenvalue weighted by Gasteiger charge is -2.33. The lowest BCUT2D eigenvalue weighted by molar-refractivity contribution is -0.145. The normalized spacial score (nSPS) is 21.6. The highest BCUT2D eigenvalue weighted by molar-refractivity contribution is 5.83. The number of hydrogen-bond donors (Lipinski definition) is 3. The van der Waals surface area contributed by atoms with E-state index in [4.69, 9.17) is 5.73 Å². The van der Waals surface area contributed by atoms with Gasteiger partial charge in [-0.1, -0.05) is 13.3 Å². The minimum Gasteiger partial charge on any atom is -0.480 e. The van der Waals surface area contributed by atoms with Crippen LogP contribution in [0.4, 0.5) is 0 Å². The second-order valence-corrected chi connectivity index (χ2v) is 5.82. The van der Waals surface area contributed by atoms with Gasteiger partial charge in [-0.05, 0) is 26.2 Å². The molecule has 7 nitrogen and oxygen atoms in total. The predicted molar refractivity (Wildman–Crippen MR) is 77.4 cm³/mol. The molecule has 4 N–H and O–H groups in total. The van der Waals surface area contributed by atoms with Crippen molar-refractivity contribution in [3.05, 3.63) is 0 Å². The summed E-state index contributed by atoms with van der Waals surface area (Å²) in [5.74, 6) is -1.85. The van der Waals surface area contributed by atoms with Crippen molar-refractivity contribution in [2.75, 3.05) is 19.6 Å². The molecule has 0 radical (unpaired) electrons. The molecule has 0 aromatic carbocycles. The largest absolute Gasteiger partial charge is 0.480 e. The van der Waals surface area contributed by atoms with Gasteiger partial charge in [0.2, 0.25) is 11.8 Å². The number of carboxylic acid groups (broad SMARTS) is 1. The summed E-state index contributed by atoms with van der Waals surface area (Å²) in [4.78, 5) is 36.2. The Morgan fingerprint density at radius 2 is 2.10 bits per heavy atom. The van der Waals surface area contributed by atoms with Crippen molar-refractivity contribution in [1.82, 2.24) is 10.2 Å². The van der Waals surface area contributed by atoms with Crippen LogP contribution in [0.25, 0.3) is 0 Å². The van der Waals surface area contributed by atoms with Gasteiger partial charge >= 0.3 is 5.97 Å². The summed E-state index contributed by atoms with van der Waals surface area (Å²) in [7, 11) is 0. The summed E-state index contributed by atoms with van der Waals surface area (Å²) in [6, 6.07) is 0. The first kappa shape index (κ1) is 17.4. The molecule has 1 rings (SSSR count). The molecule has 1 aliphatic rings.